The van der Waals surface area contributed by atoms with Crippen LogP contribution in [0.25, 0.3) is 0 Å². The van der Waals surface area contributed by atoms with Gasteiger partial charge in [0.25, 0.3) is 0 Å². The van der Waals surface area contributed by atoms with Gasteiger partial charge in [-0.15, -0.1) is 0 Å². The van der Waals surface area contributed by atoms with E-state index in [0.29, 0.717) is 6.42 Å². The maximum Gasteiger partial charge on any atom is 0.224 e. The maximum atomic E-state index is 11.5. The van der Waals surface area contributed by atoms with Crippen LogP contribution >= 0.6 is 15.9 Å². The fourth-order valence-corrected chi connectivity index (χ4v) is 1.72. The van der Waals surface area contributed by atoms with Gasteiger partial charge in [0.1, 0.15) is 0 Å². The highest BCUT2D eigenvalue weighted by molar-refractivity contribution is 9.10. The van der Waals surface area contributed by atoms with Crippen LogP contribution in [0.1, 0.15) is 32.6 Å². The Morgan fingerprint density at radius 3 is 2.87 bits per heavy atom. The van der Waals surface area contributed by atoms with E-state index in [1.807, 2.05) is 24.3 Å². The van der Waals surface area contributed by atoms with Gasteiger partial charge in [0, 0.05) is 16.6 Å². The molecular formula is C12H16BrNO. The molecule has 0 saturated heterocycles. The highest BCUT2D eigenvalue weighted by Crippen LogP contribution is 2.16. The van der Waals surface area contributed by atoms with Gasteiger partial charge >= 0.3 is 0 Å². The van der Waals surface area contributed by atoms with Crippen LogP contribution < -0.4 is 5.32 Å². The standard InChI is InChI=1S/C12H16BrNO/c1-2-3-4-8-12(15)14-11-7-5-6-10(13)9-11/h5-7,9H,2-4,8H2,1H3,(H,14,15). The third-order valence-corrected chi connectivity index (χ3v) is 2.61. The lowest BCUT2D eigenvalue weighted by molar-refractivity contribution is -0.116. The third kappa shape index (κ3) is 4.98. The lowest BCUT2D eigenvalue weighted by atomic mass is 10.2. The van der Waals surface area contributed by atoms with Crippen LogP contribution in [0, 0.1) is 0 Å². The van der Waals surface area contributed by atoms with Gasteiger partial charge in [0.15, 0.2) is 0 Å². The number of amides is 1. The van der Waals surface area contributed by atoms with Gasteiger partial charge in [-0.3, -0.25) is 4.79 Å². The summed E-state index contributed by atoms with van der Waals surface area (Å²) in [6, 6.07) is 7.64. The second-order valence-corrected chi connectivity index (χ2v) is 4.43. The van der Waals surface area contributed by atoms with Crippen molar-refractivity contribution in [3.05, 3.63) is 28.7 Å². The summed E-state index contributed by atoms with van der Waals surface area (Å²) in [6.07, 6.45) is 3.84. The average Bonchev–Trinajstić information content (AvgIpc) is 2.18. The normalized spacial score (nSPS) is 10.0. The van der Waals surface area contributed by atoms with Gasteiger partial charge in [-0.05, 0) is 24.6 Å². The second kappa shape index (κ2) is 6.62. The van der Waals surface area contributed by atoms with Crippen LogP contribution in [-0.2, 0) is 4.79 Å². The van der Waals surface area contributed by atoms with Crippen molar-refractivity contribution in [2.75, 3.05) is 5.32 Å². The molecule has 0 bridgehead atoms. The fourth-order valence-electron chi connectivity index (χ4n) is 1.33. The molecule has 0 unspecified atom stereocenters. The molecule has 0 spiro atoms. The Morgan fingerprint density at radius 1 is 1.40 bits per heavy atom. The molecule has 1 N–H and O–H groups in total. The summed E-state index contributed by atoms with van der Waals surface area (Å²) in [7, 11) is 0. The topological polar surface area (TPSA) is 29.1 Å². The molecule has 0 aromatic heterocycles. The van der Waals surface area contributed by atoms with Gasteiger partial charge in [-0.2, -0.15) is 0 Å². The van der Waals surface area contributed by atoms with Crippen LogP contribution in [0.5, 0.6) is 0 Å². The number of anilines is 1. The Bertz CT molecular complexity index is 325. The maximum absolute atomic E-state index is 11.5. The molecule has 1 rings (SSSR count). The molecule has 0 saturated carbocycles. The Balaban J connectivity index is 2.37. The van der Waals surface area contributed by atoms with E-state index >= 15 is 0 Å². The van der Waals surface area contributed by atoms with Crippen LogP contribution in [0.4, 0.5) is 5.69 Å². The molecule has 0 fully saturated rings. The van der Waals surface area contributed by atoms with Gasteiger partial charge in [-0.1, -0.05) is 41.8 Å². The molecule has 1 aromatic rings. The highest BCUT2D eigenvalue weighted by Gasteiger charge is 2.01. The van der Waals surface area contributed by atoms with Crippen LogP contribution in [-0.4, -0.2) is 5.91 Å². The van der Waals surface area contributed by atoms with Crippen LogP contribution in [0.3, 0.4) is 0 Å². The molecular weight excluding hydrogens is 254 g/mol. The van der Waals surface area contributed by atoms with Gasteiger partial charge in [0.2, 0.25) is 5.91 Å². The van der Waals surface area contributed by atoms with Crippen molar-refractivity contribution < 1.29 is 4.79 Å². The predicted molar refractivity (Wildman–Crippen MR) is 66.9 cm³/mol. The first kappa shape index (κ1) is 12.2. The largest absolute Gasteiger partial charge is 0.326 e. The number of benzene rings is 1. The fraction of sp³-hybridized carbons (Fsp3) is 0.417. The summed E-state index contributed by atoms with van der Waals surface area (Å²) in [4.78, 5) is 11.5. The lowest BCUT2D eigenvalue weighted by Crippen LogP contribution is -2.10. The molecule has 0 aliphatic rings. The van der Waals surface area contributed by atoms with E-state index in [9.17, 15) is 4.79 Å². The Morgan fingerprint density at radius 2 is 2.20 bits per heavy atom. The molecule has 0 aliphatic heterocycles. The van der Waals surface area contributed by atoms with Crippen molar-refractivity contribution in [2.24, 2.45) is 0 Å². The van der Waals surface area contributed by atoms with Gasteiger partial charge in [-0.25, -0.2) is 0 Å². The smallest absolute Gasteiger partial charge is 0.224 e. The zero-order chi connectivity index (χ0) is 11.1. The van der Waals surface area contributed by atoms with Crippen molar-refractivity contribution in [3.63, 3.8) is 0 Å². The first-order valence-corrected chi connectivity index (χ1v) is 6.07. The number of unbranched alkanes of at least 4 members (excludes halogenated alkanes) is 2. The highest BCUT2D eigenvalue weighted by atomic mass is 79.9. The van der Waals surface area contributed by atoms with Crippen molar-refractivity contribution in [1.29, 1.82) is 0 Å². The molecule has 0 radical (unpaired) electrons. The number of halogens is 1. The molecule has 82 valence electrons. The Hall–Kier alpha value is -0.830. The molecule has 1 amide bonds. The second-order valence-electron chi connectivity index (χ2n) is 3.52. The summed E-state index contributed by atoms with van der Waals surface area (Å²) in [5.41, 5.74) is 0.853. The number of carbonyl (C=O) groups excluding carboxylic acids is 1. The molecule has 0 heterocycles. The number of carbonyl (C=O) groups is 1. The van der Waals surface area contributed by atoms with E-state index in [4.69, 9.17) is 0 Å². The van der Waals surface area contributed by atoms with Crippen molar-refractivity contribution >= 4 is 27.5 Å². The van der Waals surface area contributed by atoms with E-state index < -0.39 is 0 Å². The SMILES string of the molecule is CCCCCC(=O)Nc1cccc(Br)c1. The molecule has 1 aromatic carbocycles. The van der Waals surface area contributed by atoms with Crippen LogP contribution in [0.15, 0.2) is 28.7 Å². The molecule has 2 nitrogen and oxygen atoms in total. The number of nitrogens with one attached hydrogen (secondary N) is 1. The number of hydrogen-bond donors (Lipinski definition) is 1. The van der Waals surface area contributed by atoms with E-state index in [2.05, 4.69) is 28.2 Å². The van der Waals surface area contributed by atoms with E-state index in [-0.39, 0.29) is 5.91 Å². The van der Waals surface area contributed by atoms with Crippen LogP contribution in [0.2, 0.25) is 0 Å². The van der Waals surface area contributed by atoms with E-state index in [1.54, 1.807) is 0 Å². The summed E-state index contributed by atoms with van der Waals surface area (Å²) in [5.74, 6) is 0.0987. The third-order valence-electron chi connectivity index (χ3n) is 2.12. The molecule has 3 heteroatoms. The van der Waals surface area contributed by atoms with Gasteiger partial charge < -0.3 is 5.32 Å². The zero-order valence-electron chi connectivity index (χ0n) is 8.92. The first-order chi connectivity index (χ1) is 7.22. The van der Waals surface area contributed by atoms with Gasteiger partial charge in [0.05, 0.1) is 0 Å². The number of hydrogen-bond acceptors (Lipinski definition) is 1. The average molecular weight is 270 g/mol. The van der Waals surface area contributed by atoms with Crippen molar-refractivity contribution in [3.8, 4) is 0 Å². The van der Waals surface area contributed by atoms with Crippen molar-refractivity contribution in [1.82, 2.24) is 0 Å². The number of rotatable bonds is 5. The summed E-state index contributed by atoms with van der Waals surface area (Å²) < 4.78 is 0.980. The molecule has 0 atom stereocenters. The minimum absolute atomic E-state index is 0.0987. The predicted octanol–water partition coefficient (Wildman–Crippen LogP) is 3.97. The quantitative estimate of drug-likeness (QED) is 0.806. The van der Waals surface area contributed by atoms with E-state index in [0.717, 1.165) is 29.4 Å². The summed E-state index contributed by atoms with van der Waals surface area (Å²) in [6.45, 7) is 2.13. The summed E-state index contributed by atoms with van der Waals surface area (Å²) >= 11 is 3.36. The van der Waals surface area contributed by atoms with Crippen molar-refractivity contribution in [2.45, 2.75) is 32.6 Å². The molecule has 0 aliphatic carbocycles. The van der Waals surface area contributed by atoms with E-state index in [1.165, 1.54) is 0 Å². The summed E-state index contributed by atoms with van der Waals surface area (Å²) in [5, 5.41) is 2.87. The lowest BCUT2D eigenvalue weighted by Gasteiger charge is -2.04. The minimum Gasteiger partial charge on any atom is -0.326 e. The first-order valence-electron chi connectivity index (χ1n) is 5.28. The minimum atomic E-state index is 0.0987. The zero-order valence-corrected chi connectivity index (χ0v) is 10.5. The monoisotopic (exact) mass is 269 g/mol. The Labute approximate surface area is 99.2 Å². The molecule has 15 heavy (non-hydrogen) atoms. The Kier molecular flexibility index (Phi) is 5.40.